The van der Waals surface area contributed by atoms with Crippen LogP contribution in [0.25, 0.3) is 0 Å². The summed E-state index contributed by atoms with van der Waals surface area (Å²) >= 11 is 0. The van der Waals surface area contributed by atoms with Gasteiger partial charge in [-0.1, -0.05) is 36.4 Å². The van der Waals surface area contributed by atoms with Gasteiger partial charge in [-0.25, -0.2) is 26.3 Å². The van der Waals surface area contributed by atoms with Crippen LogP contribution in [0.15, 0.2) is 179 Å². The number of aliphatic imine (C=N–C) groups is 3. The van der Waals surface area contributed by atoms with Crippen LogP contribution in [0.4, 0.5) is 43.4 Å². The number of hydrogen-bond donors (Lipinski definition) is 3. The molecule has 6 fully saturated rings. The first-order chi connectivity index (χ1) is 72.0. The third-order valence-corrected chi connectivity index (χ3v) is 22.0. The lowest BCUT2D eigenvalue weighted by Crippen LogP contribution is -2.44. The van der Waals surface area contributed by atoms with Gasteiger partial charge in [0.25, 0.3) is 17.7 Å². The summed E-state index contributed by atoms with van der Waals surface area (Å²) in [5, 5.41) is 8.23. The van der Waals surface area contributed by atoms with Gasteiger partial charge in [-0.2, -0.15) is 0 Å². The Hall–Kier alpha value is -10.9. The van der Waals surface area contributed by atoms with E-state index >= 15 is 0 Å². The second-order valence-corrected chi connectivity index (χ2v) is 30.9. The summed E-state index contributed by atoms with van der Waals surface area (Å²) in [5.74, 6) is -8.85. The summed E-state index contributed by atoms with van der Waals surface area (Å²) in [6.07, 6.45) is -6.42. The highest BCUT2D eigenvalue weighted by Crippen LogP contribution is 2.34. The summed E-state index contributed by atoms with van der Waals surface area (Å²) in [4.78, 5) is 62.3. The predicted octanol–water partition coefficient (Wildman–Crippen LogP) is 14.9. The number of likely N-dealkylation sites (N-methyl/N-ethyl adjacent to an activating group) is 3. The first kappa shape index (κ1) is 54.7. The third kappa shape index (κ3) is 22.2. The fourth-order valence-corrected chi connectivity index (χ4v) is 15.5. The van der Waals surface area contributed by atoms with Crippen molar-refractivity contribution >= 4 is 52.3 Å². The van der Waals surface area contributed by atoms with Crippen LogP contribution in [0, 0.1) is 52.7 Å². The zero-order valence-electron chi connectivity index (χ0n) is 98.8. The fourth-order valence-electron chi connectivity index (χ4n) is 15.5. The first-order valence-corrected chi connectivity index (χ1v) is 40.3. The molecule has 3 amide bonds. The van der Waals surface area contributed by atoms with E-state index < -0.39 is 172 Å². The number of nitrogens with one attached hydrogen (secondary N) is 3. The van der Waals surface area contributed by atoms with Crippen molar-refractivity contribution in [2.75, 3.05) is 153 Å². The maximum absolute atomic E-state index is 14.2. The number of halogens is 6. The van der Waals surface area contributed by atoms with Crippen LogP contribution in [-0.4, -0.2) is 189 Å². The Morgan fingerprint density at radius 3 is 1.17 bits per heavy atom. The number of piperazine rings is 3. The molecule has 18 nitrogen and oxygen atoms in total. The summed E-state index contributed by atoms with van der Waals surface area (Å²) in [6.45, 7) is -24.7. The molecule has 0 aliphatic carbocycles. The zero-order valence-corrected chi connectivity index (χ0v) is 66.8. The highest BCUT2D eigenvalue weighted by molar-refractivity contribution is 6.16. The predicted molar refractivity (Wildman–Crippen MR) is 470 cm³/mol. The maximum atomic E-state index is 14.2. The number of carbonyl (C=O) groups is 3. The number of anilines is 3. The van der Waals surface area contributed by atoms with Crippen LogP contribution < -0.4 is 30.7 Å². The van der Waals surface area contributed by atoms with Crippen molar-refractivity contribution in [3.8, 4) is 0 Å². The summed E-state index contributed by atoms with van der Waals surface area (Å²) in [7, 11) is 1.98. The van der Waals surface area contributed by atoms with Gasteiger partial charge in [0.1, 0.15) is 52.4 Å². The van der Waals surface area contributed by atoms with Crippen LogP contribution in [-0.2, 0) is 72.2 Å². The number of hydrogen-bond acceptors (Lipinski definition) is 15. The van der Waals surface area contributed by atoms with Crippen LogP contribution in [0.3, 0.4) is 0 Å². The number of amidine groups is 3. The second-order valence-electron chi connectivity index (χ2n) is 30.9. The van der Waals surface area contributed by atoms with Crippen molar-refractivity contribution in [2.24, 2.45) is 32.7 Å². The zero-order chi connectivity index (χ0) is 113. The number of rotatable bonds is 18. The van der Waals surface area contributed by atoms with Crippen molar-refractivity contribution in [3.63, 3.8) is 0 Å². The first-order valence-electron chi connectivity index (χ1n) is 56.3. The molecule has 0 saturated carbocycles. The largest absolute Gasteiger partial charge is 0.381 e. The van der Waals surface area contributed by atoms with Crippen molar-refractivity contribution in [1.29, 1.82) is 0 Å². The van der Waals surface area contributed by atoms with Gasteiger partial charge in [0, 0.05) is 208 Å². The van der Waals surface area contributed by atoms with E-state index in [1.807, 2.05) is 16.8 Å². The van der Waals surface area contributed by atoms with Crippen molar-refractivity contribution < 1.29 is 98.8 Å². The Balaban J connectivity index is 0.000000165. The minimum atomic E-state index is -3.77. The van der Waals surface area contributed by atoms with Crippen LogP contribution in [0.5, 0.6) is 0 Å². The van der Waals surface area contributed by atoms with Gasteiger partial charge < -0.3 is 59.6 Å². The van der Waals surface area contributed by atoms with Crippen LogP contribution in [0.2, 0.25) is 0 Å². The quantitative estimate of drug-likeness (QED) is 0.0696. The molecule has 0 aromatic heterocycles. The Morgan fingerprint density at radius 2 is 0.764 bits per heavy atom. The van der Waals surface area contributed by atoms with E-state index in [2.05, 4.69) is 35.8 Å². The highest BCUT2D eigenvalue weighted by Gasteiger charge is 2.31. The number of carbonyl (C=O) groups excluding carboxylic acids is 3. The van der Waals surface area contributed by atoms with E-state index in [1.165, 1.54) is 47.4 Å². The Morgan fingerprint density at radius 1 is 0.398 bits per heavy atom. The number of ether oxygens (including phenoxy) is 3. The second kappa shape index (κ2) is 39.8. The van der Waals surface area contributed by atoms with Crippen LogP contribution in [0.1, 0.15) is 197 Å². The van der Waals surface area contributed by atoms with Gasteiger partial charge in [-0.15, -0.1) is 0 Å². The number of benzene rings is 9. The van der Waals surface area contributed by atoms with E-state index in [-0.39, 0.29) is 172 Å². The standard InChI is InChI=1S/3C33H36F2N4O2/c3*1-38-8-10-39(11-9-38)29-4-5-30(26(19-29)15-22-6-12-41-13-7-22)33(40)37-32-31-18-23(2-3-25(31)21-36-32)14-24-16-27(34)20-28(35)17-24/h3*2-5,16-20,22H,6-15,21H2,1H3,(H,36,37,40)/i1D3,4D,8D2,9D2,10D2,11D2,14D2,19D;4D,12D2,13D2,14D2,19D;1D3,12D2,13D2,14D2. The van der Waals surface area contributed by atoms with Crippen molar-refractivity contribution in [1.82, 2.24) is 30.7 Å². The molecule has 9 aromatic carbocycles. The molecule has 6 saturated heterocycles. The molecule has 0 bridgehead atoms. The minimum Gasteiger partial charge on any atom is -0.381 e. The molecule has 0 atom stereocenters. The van der Waals surface area contributed by atoms with Gasteiger partial charge in [-0.3, -0.25) is 29.4 Å². The van der Waals surface area contributed by atoms with Crippen molar-refractivity contribution in [3.05, 3.63) is 299 Å². The van der Waals surface area contributed by atoms with Gasteiger partial charge in [0.2, 0.25) is 0 Å². The fraction of sp³-hybridized carbons (Fsp3) is 0.394. The molecular weight excluding hydrogens is 1570 g/mol. The number of nitrogens with zero attached hydrogens (tertiary/aromatic N) is 9. The maximum Gasteiger partial charge on any atom is 0.257 e. The molecule has 24 heteroatoms. The molecule has 0 spiro atoms. The van der Waals surface area contributed by atoms with Crippen molar-refractivity contribution in [2.45, 2.75) is 96.5 Å². The topological polar surface area (TPSA) is 172 Å². The molecule has 123 heavy (non-hydrogen) atoms. The Bertz CT molecular complexity index is 6950. The lowest BCUT2D eigenvalue weighted by molar-refractivity contribution is 0.0663. The van der Waals surface area contributed by atoms with E-state index in [0.717, 1.165) is 48.2 Å². The average molecular weight is 1710 g/mol. The molecule has 0 radical (unpaired) electrons. The Kier molecular flexibility index (Phi) is 17.7. The lowest BCUT2D eigenvalue weighted by Gasteiger charge is -2.34. The molecule has 9 heterocycles. The lowest BCUT2D eigenvalue weighted by atomic mass is 9.89. The summed E-state index contributed by atoms with van der Waals surface area (Å²) < 4.78 is 368. The number of amides is 3. The SMILES string of the molecule is [2H]C1([2H])CC(Cc2cc(N3CCN(C([2H])([2H])[2H])CC3)ccc2C(=O)NC2=NCc3ccc(C([2H])([2H])c4cc(F)cc(F)c4)cc32)CC([2H])([2H])O1.[2H]c1cc(C(=O)NC2=NCc3ccc(C([2H])([2H])c4cc(F)cc(F)c4)cc32)c(CC2CC([2H])([2H])OC([2H])([2H])C2)c([2H])c1N1CCN(C)CC1.[2H]c1cc(C(=O)NC2=NCc3ccc(C([2H])([2H])c4cc(F)cc(F)c4)cc32)c(CC2CCOCC2)c([2H])c1N1C([2H])([2H])C([2H])([2H])N(C([2H])([2H])[2H])C([2H])([2H])C1([2H])[2H]. The molecule has 3 N–H and O–H groups in total. The van der Waals surface area contributed by atoms with E-state index in [9.17, 15) is 43.5 Å². The highest BCUT2D eigenvalue weighted by atomic mass is 19.2. The molecule has 9 aliphatic heterocycles. The third-order valence-electron chi connectivity index (χ3n) is 22.0. The molecule has 0 unspecified atom stereocenters. The van der Waals surface area contributed by atoms with Gasteiger partial charge >= 0.3 is 0 Å². The number of fused-ring (bicyclic) bond motifs is 3. The van der Waals surface area contributed by atoms with Crippen LogP contribution >= 0.6 is 0 Å². The van der Waals surface area contributed by atoms with E-state index in [0.29, 0.717) is 136 Å². The van der Waals surface area contributed by atoms with Gasteiger partial charge in [0.15, 0.2) is 0 Å². The molecule has 642 valence electrons. The van der Waals surface area contributed by atoms with Gasteiger partial charge in [0.05, 0.1) is 41.6 Å². The van der Waals surface area contributed by atoms with Gasteiger partial charge in [-0.05, 0) is 292 Å². The minimum absolute atomic E-state index is 0.00152. The molecular formula is C99H108F6N12O6. The molecule has 9 aromatic rings. The average Bonchev–Trinajstić information content (AvgIpc) is 0.959. The van der Waals surface area contributed by atoms with E-state index in [4.69, 9.17) is 55.3 Å². The van der Waals surface area contributed by atoms with E-state index in [1.54, 1.807) is 36.4 Å². The smallest absolute Gasteiger partial charge is 0.257 e. The molecule has 9 aliphatic rings. The summed E-state index contributed by atoms with van der Waals surface area (Å²) in [6, 6.07) is 26.7. The Labute approximate surface area is 761 Å². The normalized spacial score (nSPS) is 25.5. The molecule has 18 rings (SSSR count). The summed E-state index contributed by atoms with van der Waals surface area (Å²) in [5.41, 5.74) is 3.34. The monoisotopic (exact) mass is 1710 g/mol.